The fraction of sp³-hybridized carbons (Fsp3) is 1.00. The van der Waals surface area contributed by atoms with Gasteiger partial charge in [0.1, 0.15) is 0 Å². The van der Waals surface area contributed by atoms with Gasteiger partial charge in [-0.25, -0.2) is 0 Å². The second-order valence-corrected chi connectivity index (χ2v) is 10.3. The van der Waals surface area contributed by atoms with Crippen molar-refractivity contribution >= 4 is 46.4 Å². The van der Waals surface area contributed by atoms with E-state index in [1.165, 1.54) is 109 Å². The molecule has 0 radical (unpaired) electrons. The van der Waals surface area contributed by atoms with E-state index in [2.05, 4.69) is 0 Å². The summed E-state index contributed by atoms with van der Waals surface area (Å²) in [5.41, 5.74) is 0. The summed E-state index contributed by atoms with van der Waals surface area (Å²) in [5, 5.41) is 0. The van der Waals surface area contributed by atoms with Gasteiger partial charge in [-0.1, -0.05) is 138 Å². The number of rotatable bonds is 19. The average Bonchev–Trinajstić information content (AvgIpc) is 2.56. The molecule has 0 aliphatic rings. The third-order valence-electron chi connectivity index (χ3n) is 4.84. The fourth-order valence-electron chi connectivity index (χ4n) is 3.25. The van der Waals surface area contributed by atoms with Gasteiger partial charge in [0, 0.05) is 5.88 Å². The van der Waals surface area contributed by atoms with Crippen LogP contribution in [0.25, 0.3) is 0 Å². The van der Waals surface area contributed by atoms with Crippen molar-refractivity contribution in [1.82, 2.24) is 0 Å². The van der Waals surface area contributed by atoms with E-state index >= 15 is 0 Å². The first-order valence-electron chi connectivity index (χ1n) is 10.7. The van der Waals surface area contributed by atoms with E-state index in [0.29, 0.717) is 6.42 Å². The molecule has 0 aromatic rings. The highest BCUT2D eigenvalue weighted by molar-refractivity contribution is 6.67. The maximum absolute atomic E-state index is 5.74. The Bertz CT molecular complexity index is 251. The normalized spacial score (nSPS) is 12.0. The first-order valence-corrected chi connectivity index (χ1v) is 12.4. The Morgan fingerprint density at radius 3 is 0.840 bits per heavy atom. The van der Waals surface area contributed by atoms with Crippen LogP contribution in [0.5, 0.6) is 0 Å². The summed E-state index contributed by atoms with van der Waals surface area (Å²) < 4.78 is -1.05. The van der Waals surface area contributed by atoms with Crippen LogP contribution in [0.1, 0.15) is 122 Å². The van der Waals surface area contributed by atoms with Crippen molar-refractivity contribution in [3.05, 3.63) is 0 Å². The monoisotopic (exact) mass is 432 g/mol. The number of hydrogen-bond acceptors (Lipinski definition) is 0. The van der Waals surface area contributed by atoms with Crippen LogP contribution in [0.15, 0.2) is 0 Å². The number of unbranched alkanes of at least 4 members (excludes halogenated alkanes) is 17. The molecule has 4 heteroatoms. The standard InChI is InChI=1S/C21H40Cl4/c22-20-18-16-14-12-10-8-6-4-2-1-3-5-7-9-11-13-15-17-19-21(23,24)25/h1-20H2. The van der Waals surface area contributed by atoms with Crippen molar-refractivity contribution in [2.24, 2.45) is 0 Å². The summed E-state index contributed by atoms with van der Waals surface area (Å²) in [6.07, 6.45) is 25.0. The summed E-state index contributed by atoms with van der Waals surface area (Å²) >= 11 is 22.9. The topological polar surface area (TPSA) is 0 Å². The molecule has 0 rings (SSSR count). The average molecular weight is 434 g/mol. The predicted molar refractivity (Wildman–Crippen MR) is 119 cm³/mol. The van der Waals surface area contributed by atoms with Gasteiger partial charge in [-0.3, -0.25) is 0 Å². The molecule has 0 spiro atoms. The molecule has 0 heterocycles. The second-order valence-electron chi connectivity index (χ2n) is 7.42. The molecule has 0 saturated carbocycles. The van der Waals surface area contributed by atoms with Crippen LogP contribution in [0, 0.1) is 0 Å². The highest BCUT2D eigenvalue weighted by Crippen LogP contribution is 2.32. The Morgan fingerprint density at radius 2 is 0.600 bits per heavy atom. The van der Waals surface area contributed by atoms with E-state index in [4.69, 9.17) is 46.4 Å². The van der Waals surface area contributed by atoms with Crippen LogP contribution >= 0.6 is 46.4 Å². The molecule has 0 amide bonds. The molecule has 0 atom stereocenters. The summed E-state index contributed by atoms with van der Waals surface area (Å²) in [6, 6.07) is 0. The summed E-state index contributed by atoms with van der Waals surface area (Å²) in [7, 11) is 0. The van der Waals surface area contributed by atoms with Crippen molar-refractivity contribution in [1.29, 1.82) is 0 Å². The lowest BCUT2D eigenvalue weighted by Crippen LogP contribution is -2.00. The van der Waals surface area contributed by atoms with E-state index in [9.17, 15) is 0 Å². The molecule has 0 unspecified atom stereocenters. The third kappa shape index (κ3) is 25.2. The minimum absolute atomic E-state index is 0.686. The third-order valence-corrected chi connectivity index (χ3v) is 5.68. The molecule has 0 bridgehead atoms. The zero-order valence-corrected chi connectivity index (χ0v) is 19.2. The van der Waals surface area contributed by atoms with Crippen LogP contribution in [0.2, 0.25) is 0 Å². The number of hydrogen-bond donors (Lipinski definition) is 0. The highest BCUT2D eigenvalue weighted by atomic mass is 35.6. The van der Waals surface area contributed by atoms with Gasteiger partial charge < -0.3 is 0 Å². The molecule has 25 heavy (non-hydrogen) atoms. The first-order chi connectivity index (χ1) is 12.1. The Hall–Kier alpha value is 1.16. The molecular formula is C21H40Cl4. The highest BCUT2D eigenvalue weighted by Gasteiger charge is 2.17. The van der Waals surface area contributed by atoms with Crippen molar-refractivity contribution in [3.63, 3.8) is 0 Å². The molecule has 0 fully saturated rings. The van der Waals surface area contributed by atoms with Gasteiger partial charge in [0.05, 0.1) is 0 Å². The van der Waals surface area contributed by atoms with Gasteiger partial charge in [-0.05, 0) is 19.3 Å². The first kappa shape index (κ1) is 26.2. The quantitative estimate of drug-likeness (QED) is 0.140. The van der Waals surface area contributed by atoms with Gasteiger partial charge in [-0.15, -0.1) is 11.6 Å². The van der Waals surface area contributed by atoms with Crippen molar-refractivity contribution in [2.75, 3.05) is 5.88 Å². The van der Waals surface area contributed by atoms with Gasteiger partial charge in [0.2, 0.25) is 0 Å². The van der Waals surface area contributed by atoms with Crippen LogP contribution in [0.4, 0.5) is 0 Å². The smallest absolute Gasteiger partial charge is 0.127 e. The lowest BCUT2D eigenvalue weighted by atomic mass is 10.0. The molecule has 0 aliphatic carbocycles. The van der Waals surface area contributed by atoms with Gasteiger partial charge in [0.25, 0.3) is 0 Å². The molecule has 0 aromatic heterocycles. The second kappa shape index (κ2) is 19.9. The maximum Gasteiger partial charge on any atom is 0.190 e. The summed E-state index contributed by atoms with van der Waals surface area (Å²) in [6.45, 7) is 0. The van der Waals surface area contributed by atoms with Crippen LogP contribution < -0.4 is 0 Å². The number of alkyl halides is 4. The van der Waals surface area contributed by atoms with E-state index in [-0.39, 0.29) is 0 Å². The van der Waals surface area contributed by atoms with E-state index < -0.39 is 3.79 Å². The molecular weight excluding hydrogens is 394 g/mol. The van der Waals surface area contributed by atoms with Gasteiger partial charge in [0.15, 0.2) is 3.79 Å². The van der Waals surface area contributed by atoms with E-state index in [1.807, 2.05) is 0 Å². The lowest BCUT2D eigenvalue weighted by molar-refractivity contribution is 0.524. The van der Waals surface area contributed by atoms with Crippen molar-refractivity contribution in [3.8, 4) is 0 Å². The molecule has 0 saturated heterocycles. The molecule has 0 aromatic carbocycles. The van der Waals surface area contributed by atoms with Crippen LogP contribution in [0.3, 0.4) is 0 Å². The van der Waals surface area contributed by atoms with E-state index in [0.717, 1.165) is 12.3 Å². The van der Waals surface area contributed by atoms with Crippen molar-refractivity contribution < 1.29 is 0 Å². The SMILES string of the molecule is ClCCCCCCCCCCCCCCCCCCCCC(Cl)(Cl)Cl. The molecule has 0 N–H and O–H groups in total. The number of halogens is 4. The van der Waals surface area contributed by atoms with E-state index in [1.54, 1.807) is 0 Å². The minimum Gasteiger partial charge on any atom is -0.127 e. The largest absolute Gasteiger partial charge is 0.190 e. The lowest BCUT2D eigenvalue weighted by Gasteiger charge is -2.09. The Labute approximate surface area is 177 Å². The van der Waals surface area contributed by atoms with Crippen LogP contribution in [-0.2, 0) is 0 Å². The summed E-state index contributed by atoms with van der Waals surface area (Å²) in [4.78, 5) is 0. The maximum atomic E-state index is 5.74. The van der Waals surface area contributed by atoms with Gasteiger partial charge >= 0.3 is 0 Å². The molecule has 0 aliphatic heterocycles. The predicted octanol–water partition coefficient (Wildman–Crippen LogP) is 10.0. The zero-order chi connectivity index (χ0) is 18.6. The molecule has 0 nitrogen and oxygen atoms in total. The fourth-order valence-corrected chi connectivity index (χ4v) is 3.84. The Morgan fingerprint density at radius 1 is 0.360 bits per heavy atom. The summed E-state index contributed by atoms with van der Waals surface area (Å²) in [5.74, 6) is 0.832. The Kier molecular flexibility index (Phi) is 20.8. The van der Waals surface area contributed by atoms with Crippen molar-refractivity contribution in [2.45, 2.75) is 126 Å². The zero-order valence-electron chi connectivity index (χ0n) is 16.2. The van der Waals surface area contributed by atoms with Gasteiger partial charge in [-0.2, -0.15) is 0 Å². The molecule has 152 valence electrons. The minimum atomic E-state index is -1.05. The Balaban J connectivity index is 3.01. The van der Waals surface area contributed by atoms with Crippen LogP contribution in [-0.4, -0.2) is 9.67 Å².